The smallest absolute Gasteiger partial charge is 0.283 e. The van der Waals surface area contributed by atoms with Crippen molar-refractivity contribution in [2.75, 3.05) is 7.11 Å². The molecule has 0 N–H and O–H groups in total. The molecule has 0 saturated carbocycles. The molecule has 0 fully saturated rings. The first-order valence-corrected chi connectivity index (χ1v) is 6.81. The molecule has 2 rings (SSSR count). The summed E-state index contributed by atoms with van der Waals surface area (Å²) in [6, 6.07) is 6.48. The lowest BCUT2D eigenvalue weighted by molar-refractivity contribution is 0.414. The summed E-state index contributed by atoms with van der Waals surface area (Å²) in [7, 11) is -2.08. The summed E-state index contributed by atoms with van der Waals surface area (Å²) in [5.74, 6) is 0.628. The predicted octanol–water partition coefficient (Wildman–Crippen LogP) is 1.75. The molecule has 0 atom stereocenters. The molecule has 0 radical (unpaired) electrons. The van der Waals surface area contributed by atoms with Crippen LogP contribution in [0.5, 0.6) is 5.75 Å². The van der Waals surface area contributed by atoms with Crippen LogP contribution in [0.1, 0.15) is 11.3 Å². The van der Waals surface area contributed by atoms with E-state index in [1.807, 2.05) is 0 Å². The van der Waals surface area contributed by atoms with Crippen LogP contribution in [0.15, 0.2) is 35.4 Å². The van der Waals surface area contributed by atoms with Gasteiger partial charge in [0.25, 0.3) is 10.0 Å². The molecule has 1 aromatic carbocycles. The first kappa shape index (κ1) is 12.6. The van der Waals surface area contributed by atoms with Gasteiger partial charge >= 0.3 is 0 Å². The van der Waals surface area contributed by atoms with Crippen LogP contribution in [0, 0.1) is 13.8 Å². The minimum absolute atomic E-state index is 0.228. The average Bonchev–Trinajstić information content (AvgIpc) is 2.76. The van der Waals surface area contributed by atoms with E-state index in [0.717, 1.165) is 4.09 Å². The van der Waals surface area contributed by atoms with E-state index in [1.165, 1.54) is 12.3 Å². The Balaban J connectivity index is 2.54. The molecular weight excluding hydrogens is 252 g/mol. The van der Waals surface area contributed by atoms with Crippen molar-refractivity contribution in [3.8, 4) is 5.75 Å². The Morgan fingerprint density at radius 2 is 1.94 bits per heavy atom. The fourth-order valence-corrected chi connectivity index (χ4v) is 3.03. The van der Waals surface area contributed by atoms with Crippen LogP contribution in [-0.2, 0) is 10.0 Å². The molecule has 0 bridgehead atoms. The highest BCUT2D eigenvalue weighted by Gasteiger charge is 2.20. The van der Waals surface area contributed by atoms with Crippen molar-refractivity contribution in [2.45, 2.75) is 18.7 Å². The third kappa shape index (κ3) is 2.11. The van der Waals surface area contributed by atoms with E-state index in [9.17, 15) is 8.42 Å². The Kier molecular flexibility index (Phi) is 3.13. The lowest BCUT2D eigenvalue weighted by Crippen LogP contribution is -2.15. The molecule has 0 amide bonds. The number of nitrogens with zero attached hydrogens (tertiary/aromatic N) is 2. The monoisotopic (exact) mass is 266 g/mol. The van der Waals surface area contributed by atoms with Gasteiger partial charge in [0.2, 0.25) is 0 Å². The fraction of sp³-hybridized carbons (Fsp3) is 0.250. The molecule has 0 aliphatic heterocycles. The second-order valence-corrected chi connectivity index (χ2v) is 5.73. The SMILES string of the molecule is COc1ccc(S(=O)(=O)n2ccc(C)n2)c(C)c1. The molecule has 2 aromatic rings. The number of benzene rings is 1. The minimum Gasteiger partial charge on any atom is -0.497 e. The van der Waals surface area contributed by atoms with Gasteiger partial charge in [0.1, 0.15) is 5.75 Å². The lowest BCUT2D eigenvalue weighted by Gasteiger charge is -2.09. The van der Waals surface area contributed by atoms with E-state index in [4.69, 9.17) is 4.74 Å². The Hall–Kier alpha value is -1.82. The van der Waals surface area contributed by atoms with E-state index < -0.39 is 10.0 Å². The van der Waals surface area contributed by atoms with Gasteiger partial charge in [-0.2, -0.15) is 17.6 Å². The van der Waals surface area contributed by atoms with Crippen molar-refractivity contribution in [3.05, 3.63) is 41.7 Å². The van der Waals surface area contributed by atoms with E-state index >= 15 is 0 Å². The Morgan fingerprint density at radius 1 is 1.22 bits per heavy atom. The van der Waals surface area contributed by atoms with Gasteiger partial charge in [0, 0.05) is 6.20 Å². The Morgan fingerprint density at radius 3 is 2.44 bits per heavy atom. The van der Waals surface area contributed by atoms with Gasteiger partial charge in [-0.15, -0.1) is 0 Å². The van der Waals surface area contributed by atoms with E-state index in [-0.39, 0.29) is 4.90 Å². The molecule has 18 heavy (non-hydrogen) atoms. The third-order valence-electron chi connectivity index (χ3n) is 2.61. The standard InChI is InChI=1S/C12H14N2O3S/c1-9-8-11(17-3)4-5-12(9)18(15,16)14-7-6-10(2)13-14/h4-8H,1-3H3. The molecule has 96 valence electrons. The van der Waals surface area contributed by atoms with E-state index in [1.54, 1.807) is 39.2 Å². The van der Waals surface area contributed by atoms with Gasteiger partial charge in [-0.3, -0.25) is 0 Å². The number of rotatable bonds is 3. The Bertz CT molecular complexity index is 674. The van der Waals surface area contributed by atoms with Gasteiger partial charge in [-0.1, -0.05) is 0 Å². The number of hydrogen-bond acceptors (Lipinski definition) is 4. The maximum Gasteiger partial charge on any atom is 0.283 e. The molecule has 0 saturated heterocycles. The second kappa shape index (κ2) is 4.45. The van der Waals surface area contributed by atoms with Crippen molar-refractivity contribution in [1.29, 1.82) is 0 Å². The summed E-state index contributed by atoms with van der Waals surface area (Å²) < 4.78 is 30.7. The number of aromatic nitrogens is 2. The molecule has 6 heteroatoms. The third-order valence-corrected chi connectivity index (χ3v) is 4.32. The fourth-order valence-electron chi connectivity index (χ4n) is 1.67. The first-order valence-electron chi connectivity index (χ1n) is 5.37. The van der Waals surface area contributed by atoms with Gasteiger partial charge in [-0.05, 0) is 43.7 Å². The zero-order valence-corrected chi connectivity index (χ0v) is 11.2. The highest BCUT2D eigenvalue weighted by molar-refractivity contribution is 7.89. The summed E-state index contributed by atoms with van der Waals surface area (Å²) in [6.45, 7) is 3.47. The van der Waals surface area contributed by atoms with Crippen LogP contribution in [0.3, 0.4) is 0 Å². The number of methoxy groups -OCH3 is 1. The average molecular weight is 266 g/mol. The molecule has 0 aliphatic rings. The molecule has 5 nitrogen and oxygen atoms in total. The maximum atomic E-state index is 12.3. The highest BCUT2D eigenvalue weighted by atomic mass is 32.2. The Labute approximate surface area is 106 Å². The maximum absolute atomic E-state index is 12.3. The zero-order chi connectivity index (χ0) is 13.3. The molecular formula is C12H14N2O3S. The van der Waals surface area contributed by atoms with Gasteiger partial charge < -0.3 is 4.74 Å². The summed E-state index contributed by atoms with van der Waals surface area (Å²) in [5, 5.41) is 3.94. The zero-order valence-electron chi connectivity index (χ0n) is 10.4. The molecule has 0 aliphatic carbocycles. The number of hydrogen-bond donors (Lipinski definition) is 0. The van der Waals surface area contributed by atoms with Crippen molar-refractivity contribution < 1.29 is 13.2 Å². The summed E-state index contributed by atoms with van der Waals surface area (Å²) in [5.41, 5.74) is 1.28. The van der Waals surface area contributed by atoms with Crippen LogP contribution in [0.2, 0.25) is 0 Å². The van der Waals surface area contributed by atoms with Crippen molar-refractivity contribution >= 4 is 10.0 Å². The first-order chi connectivity index (χ1) is 8.45. The topological polar surface area (TPSA) is 61.2 Å². The van der Waals surface area contributed by atoms with Crippen LogP contribution in [0.4, 0.5) is 0 Å². The molecule has 1 aromatic heterocycles. The van der Waals surface area contributed by atoms with Crippen molar-refractivity contribution in [2.24, 2.45) is 0 Å². The van der Waals surface area contributed by atoms with E-state index in [2.05, 4.69) is 5.10 Å². The van der Waals surface area contributed by atoms with Crippen LogP contribution in [0.25, 0.3) is 0 Å². The van der Waals surface area contributed by atoms with Crippen LogP contribution >= 0.6 is 0 Å². The van der Waals surface area contributed by atoms with Crippen molar-refractivity contribution in [3.63, 3.8) is 0 Å². The largest absolute Gasteiger partial charge is 0.497 e. The summed E-state index contributed by atoms with van der Waals surface area (Å²) >= 11 is 0. The molecule has 0 spiro atoms. The summed E-state index contributed by atoms with van der Waals surface area (Å²) in [6.07, 6.45) is 1.44. The molecule has 1 heterocycles. The van der Waals surface area contributed by atoms with E-state index in [0.29, 0.717) is 17.0 Å². The molecule has 0 unspecified atom stereocenters. The van der Waals surface area contributed by atoms with Gasteiger partial charge in [-0.25, -0.2) is 0 Å². The van der Waals surface area contributed by atoms with Crippen LogP contribution < -0.4 is 4.74 Å². The predicted molar refractivity (Wildman–Crippen MR) is 67.3 cm³/mol. The van der Waals surface area contributed by atoms with Gasteiger partial charge in [0.15, 0.2) is 0 Å². The minimum atomic E-state index is -3.62. The number of ether oxygens (including phenoxy) is 1. The lowest BCUT2D eigenvalue weighted by atomic mass is 10.2. The summed E-state index contributed by atoms with van der Waals surface area (Å²) in [4.78, 5) is 0.228. The highest BCUT2D eigenvalue weighted by Crippen LogP contribution is 2.22. The normalized spacial score (nSPS) is 11.5. The van der Waals surface area contributed by atoms with Crippen LogP contribution in [-0.4, -0.2) is 24.7 Å². The van der Waals surface area contributed by atoms with Gasteiger partial charge in [0.05, 0.1) is 17.7 Å². The number of aryl methyl sites for hydroxylation is 2. The quantitative estimate of drug-likeness (QED) is 0.849. The second-order valence-electron chi connectivity index (χ2n) is 3.97. The van der Waals surface area contributed by atoms with Crippen molar-refractivity contribution in [1.82, 2.24) is 9.19 Å².